The van der Waals surface area contributed by atoms with Crippen molar-refractivity contribution in [2.24, 2.45) is 0 Å². The molecule has 11 heteroatoms. The van der Waals surface area contributed by atoms with E-state index in [1.807, 2.05) is 0 Å². The Hall–Kier alpha value is -3.08. The van der Waals surface area contributed by atoms with Crippen molar-refractivity contribution in [3.05, 3.63) is 65.5 Å². The van der Waals surface area contributed by atoms with Crippen LogP contribution in [0.3, 0.4) is 0 Å². The number of anilines is 1. The Kier molecular flexibility index (Phi) is 9.58. The molecular formula is C26H32F3N3O4S. The summed E-state index contributed by atoms with van der Waals surface area (Å²) in [6, 6.07) is 7.87. The van der Waals surface area contributed by atoms with E-state index in [4.69, 9.17) is 0 Å². The van der Waals surface area contributed by atoms with E-state index in [-0.39, 0.29) is 49.1 Å². The molecule has 3 rings (SSSR count). The summed E-state index contributed by atoms with van der Waals surface area (Å²) in [4.78, 5) is 27.5. The third-order valence-electron chi connectivity index (χ3n) is 6.51. The highest BCUT2D eigenvalue weighted by Crippen LogP contribution is 2.22. The van der Waals surface area contributed by atoms with Crippen LogP contribution in [-0.2, 0) is 26.2 Å². The number of halogens is 3. The minimum absolute atomic E-state index is 0.0373. The lowest BCUT2D eigenvalue weighted by Gasteiger charge is -2.30. The summed E-state index contributed by atoms with van der Waals surface area (Å²) in [6.45, 7) is 1.27. The highest BCUT2D eigenvalue weighted by Gasteiger charge is 2.29. The van der Waals surface area contributed by atoms with E-state index in [9.17, 15) is 31.2 Å². The predicted octanol–water partition coefficient (Wildman–Crippen LogP) is 4.13. The summed E-state index contributed by atoms with van der Waals surface area (Å²) in [5, 5.41) is 2.96. The molecule has 1 N–H and O–H groups in total. The van der Waals surface area contributed by atoms with Crippen LogP contribution < -0.4 is 9.62 Å². The van der Waals surface area contributed by atoms with Gasteiger partial charge in [-0.2, -0.15) is 0 Å². The second kappa shape index (κ2) is 12.4. The number of nitrogens with one attached hydrogen (secondary N) is 1. The first-order valence-corrected chi connectivity index (χ1v) is 14.1. The fourth-order valence-corrected chi connectivity index (χ4v) is 5.39. The predicted molar refractivity (Wildman–Crippen MR) is 135 cm³/mol. The Morgan fingerprint density at radius 1 is 1.03 bits per heavy atom. The molecule has 1 aliphatic rings. The molecule has 37 heavy (non-hydrogen) atoms. The van der Waals surface area contributed by atoms with Crippen LogP contribution in [0.2, 0.25) is 0 Å². The van der Waals surface area contributed by atoms with Crippen LogP contribution in [0.15, 0.2) is 42.5 Å². The number of benzene rings is 2. The lowest BCUT2D eigenvalue weighted by atomic mass is 10.1. The molecule has 202 valence electrons. The summed E-state index contributed by atoms with van der Waals surface area (Å²) in [5.41, 5.74) is 0.178. The van der Waals surface area contributed by atoms with Gasteiger partial charge in [0.05, 0.1) is 11.9 Å². The summed E-state index contributed by atoms with van der Waals surface area (Å²) >= 11 is 0. The van der Waals surface area contributed by atoms with Crippen molar-refractivity contribution in [1.82, 2.24) is 10.2 Å². The van der Waals surface area contributed by atoms with Crippen LogP contribution in [0, 0.1) is 17.5 Å². The summed E-state index contributed by atoms with van der Waals surface area (Å²) in [7, 11) is -3.86. The zero-order valence-electron chi connectivity index (χ0n) is 20.9. The van der Waals surface area contributed by atoms with Crippen molar-refractivity contribution in [2.45, 2.75) is 64.1 Å². The van der Waals surface area contributed by atoms with Crippen LogP contribution in [0.25, 0.3) is 0 Å². The van der Waals surface area contributed by atoms with Gasteiger partial charge < -0.3 is 10.2 Å². The van der Waals surface area contributed by atoms with Crippen LogP contribution >= 0.6 is 0 Å². The fourth-order valence-electron chi connectivity index (χ4n) is 4.43. The quantitative estimate of drug-likeness (QED) is 0.465. The summed E-state index contributed by atoms with van der Waals surface area (Å²) < 4.78 is 66.9. The SMILES string of the molecule is CC(C(=O)NC1CCCC1)N(Cc1ccccc1F)C(=O)CCCN(c1ccc(F)c(F)c1)S(C)(=O)=O. The molecule has 1 fully saturated rings. The number of rotatable bonds is 11. The minimum Gasteiger partial charge on any atom is -0.352 e. The molecule has 0 heterocycles. The molecule has 0 radical (unpaired) electrons. The van der Waals surface area contributed by atoms with Crippen LogP contribution in [0.5, 0.6) is 0 Å². The average molecular weight is 540 g/mol. The Balaban J connectivity index is 1.73. The third-order valence-corrected chi connectivity index (χ3v) is 7.70. The van der Waals surface area contributed by atoms with Gasteiger partial charge in [-0.1, -0.05) is 31.0 Å². The van der Waals surface area contributed by atoms with E-state index >= 15 is 0 Å². The van der Waals surface area contributed by atoms with Crippen LogP contribution in [-0.4, -0.2) is 50.0 Å². The number of carbonyl (C=O) groups excluding carboxylic acids is 2. The standard InChI is InChI=1S/C26H32F3N3O4S/c1-18(26(34)30-20-9-4-5-10-20)31(17-19-8-3-6-11-22(19)27)25(33)12-7-15-32(37(2,35)36)21-13-14-23(28)24(29)16-21/h3,6,8,11,13-14,16,18,20H,4-5,7,9-10,12,15,17H2,1-2H3,(H,30,34). The van der Waals surface area contributed by atoms with Crippen LogP contribution in [0.4, 0.5) is 18.9 Å². The largest absolute Gasteiger partial charge is 0.352 e. The molecule has 1 unspecified atom stereocenters. The number of hydrogen-bond acceptors (Lipinski definition) is 4. The average Bonchev–Trinajstić information content (AvgIpc) is 3.35. The number of sulfonamides is 1. The van der Waals surface area contributed by atoms with Gasteiger partial charge in [-0.25, -0.2) is 21.6 Å². The normalized spacial score (nSPS) is 14.8. The topological polar surface area (TPSA) is 86.8 Å². The first kappa shape index (κ1) is 28.5. The number of hydrogen-bond donors (Lipinski definition) is 1. The Labute approximate surface area is 215 Å². The van der Waals surface area contributed by atoms with Gasteiger partial charge in [0.25, 0.3) is 0 Å². The first-order valence-electron chi connectivity index (χ1n) is 12.2. The lowest BCUT2D eigenvalue weighted by molar-refractivity contribution is -0.141. The highest BCUT2D eigenvalue weighted by molar-refractivity contribution is 7.92. The second-order valence-corrected chi connectivity index (χ2v) is 11.2. The first-order chi connectivity index (χ1) is 17.5. The fraction of sp³-hybridized carbons (Fsp3) is 0.462. The van der Waals surface area contributed by atoms with Crippen molar-refractivity contribution < 1.29 is 31.2 Å². The highest BCUT2D eigenvalue weighted by atomic mass is 32.2. The molecule has 0 aliphatic heterocycles. The van der Waals surface area contributed by atoms with Gasteiger partial charge in [-0.3, -0.25) is 13.9 Å². The minimum atomic E-state index is -3.86. The van der Waals surface area contributed by atoms with Gasteiger partial charge in [-0.15, -0.1) is 0 Å². The smallest absolute Gasteiger partial charge is 0.242 e. The molecular weight excluding hydrogens is 507 g/mol. The molecule has 1 saturated carbocycles. The molecule has 0 aromatic heterocycles. The van der Waals surface area contributed by atoms with Gasteiger partial charge >= 0.3 is 0 Å². The van der Waals surface area contributed by atoms with Crippen molar-refractivity contribution in [1.29, 1.82) is 0 Å². The van der Waals surface area contributed by atoms with E-state index in [0.717, 1.165) is 54.4 Å². The second-order valence-electron chi connectivity index (χ2n) is 9.32. The van der Waals surface area contributed by atoms with Crippen molar-refractivity contribution in [2.75, 3.05) is 17.1 Å². The number of nitrogens with zero attached hydrogens (tertiary/aromatic N) is 2. The van der Waals surface area contributed by atoms with Crippen molar-refractivity contribution >= 4 is 27.5 Å². The third kappa shape index (κ3) is 7.70. The van der Waals surface area contributed by atoms with Gasteiger partial charge in [0.1, 0.15) is 11.9 Å². The van der Waals surface area contributed by atoms with Crippen molar-refractivity contribution in [3.63, 3.8) is 0 Å². The van der Waals surface area contributed by atoms with E-state index < -0.39 is 39.4 Å². The monoisotopic (exact) mass is 539 g/mol. The Morgan fingerprint density at radius 2 is 1.70 bits per heavy atom. The lowest BCUT2D eigenvalue weighted by Crippen LogP contribution is -2.49. The molecule has 1 atom stereocenters. The molecule has 1 aliphatic carbocycles. The molecule has 7 nitrogen and oxygen atoms in total. The summed E-state index contributed by atoms with van der Waals surface area (Å²) in [5.74, 6) is -3.61. The van der Waals surface area contributed by atoms with E-state index in [1.165, 1.54) is 23.1 Å². The maximum Gasteiger partial charge on any atom is 0.242 e. The van der Waals surface area contributed by atoms with Gasteiger partial charge in [0.15, 0.2) is 11.6 Å². The summed E-state index contributed by atoms with van der Waals surface area (Å²) in [6.07, 6.45) is 4.59. The molecule has 0 spiro atoms. The van der Waals surface area contributed by atoms with Crippen LogP contribution in [0.1, 0.15) is 51.0 Å². The Morgan fingerprint density at radius 3 is 2.32 bits per heavy atom. The molecule has 0 saturated heterocycles. The molecule has 0 bridgehead atoms. The van der Waals surface area contributed by atoms with Crippen molar-refractivity contribution in [3.8, 4) is 0 Å². The zero-order valence-corrected chi connectivity index (χ0v) is 21.7. The maximum atomic E-state index is 14.4. The van der Waals surface area contributed by atoms with E-state index in [0.29, 0.717) is 0 Å². The molecule has 2 aromatic carbocycles. The van der Waals surface area contributed by atoms with Gasteiger partial charge in [-0.05, 0) is 44.4 Å². The number of carbonyl (C=O) groups is 2. The Bertz CT molecular complexity index is 1220. The zero-order chi connectivity index (χ0) is 27.2. The van der Waals surface area contributed by atoms with E-state index in [1.54, 1.807) is 13.0 Å². The molecule has 2 aromatic rings. The molecule has 2 amide bonds. The van der Waals surface area contributed by atoms with E-state index in [2.05, 4.69) is 5.32 Å². The number of amides is 2. The van der Waals surface area contributed by atoms with Gasteiger partial charge in [0.2, 0.25) is 21.8 Å². The maximum absolute atomic E-state index is 14.4. The van der Waals surface area contributed by atoms with Gasteiger partial charge in [0, 0.05) is 37.2 Å².